The number of sulfone groups is 1. The van der Waals surface area contributed by atoms with Crippen LogP contribution in [0.1, 0.15) is 17.5 Å². The van der Waals surface area contributed by atoms with Crippen LogP contribution < -0.4 is 0 Å². The fraction of sp³-hybridized carbons (Fsp3) is 0.333. The van der Waals surface area contributed by atoms with Gasteiger partial charge < -0.3 is 4.90 Å². The summed E-state index contributed by atoms with van der Waals surface area (Å²) in [6.07, 6.45) is 0.470. The van der Waals surface area contributed by atoms with Crippen molar-refractivity contribution in [3.05, 3.63) is 71.8 Å². The highest BCUT2D eigenvalue weighted by Gasteiger charge is 2.34. The van der Waals surface area contributed by atoms with E-state index in [1.165, 1.54) is 11.8 Å². The van der Waals surface area contributed by atoms with Gasteiger partial charge in [-0.3, -0.25) is 4.79 Å². The minimum atomic E-state index is -3.10. The van der Waals surface area contributed by atoms with Gasteiger partial charge in [-0.25, -0.2) is 13.1 Å². The molecule has 1 aliphatic heterocycles. The summed E-state index contributed by atoms with van der Waals surface area (Å²) in [4.78, 5) is 14.8. The van der Waals surface area contributed by atoms with Crippen LogP contribution in [-0.4, -0.2) is 62.7 Å². The molecule has 0 bridgehead atoms. The molecule has 1 aliphatic rings. The lowest BCUT2D eigenvalue weighted by Crippen LogP contribution is -2.41. The smallest absolute Gasteiger partial charge is 0.233 e. The first-order valence-electron chi connectivity index (χ1n) is 9.97. The Morgan fingerprint density at radius 2 is 1.74 bits per heavy atom. The minimum absolute atomic E-state index is 0.0159. The second-order valence-electron chi connectivity index (χ2n) is 7.46. The lowest BCUT2D eigenvalue weighted by molar-refractivity contribution is -0.130. The maximum Gasteiger partial charge on any atom is 0.233 e. The summed E-state index contributed by atoms with van der Waals surface area (Å²) in [5.74, 6) is 0.157. The van der Waals surface area contributed by atoms with Crippen LogP contribution in [0.5, 0.6) is 0 Å². The SMILES string of the molecule is O=C(CSc1nnnn1Cc1ccccc1)N(Cc1ccccc1)[C@@H]1CCS(=O)(=O)C1. The molecule has 3 aromatic rings. The summed E-state index contributed by atoms with van der Waals surface area (Å²) in [6.45, 7) is 0.897. The summed E-state index contributed by atoms with van der Waals surface area (Å²) in [7, 11) is -3.10. The van der Waals surface area contributed by atoms with Gasteiger partial charge in [-0.1, -0.05) is 72.4 Å². The van der Waals surface area contributed by atoms with Crippen LogP contribution in [0.15, 0.2) is 65.8 Å². The molecule has 2 heterocycles. The molecule has 0 saturated carbocycles. The molecule has 1 fully saturated rings. The van der Waals surface area contributed by atoms with Crippen LogP contribution in [-0.2, 0) is 27.7 Å². The first-order chi connectivity index (χ1) is 15.0. The standard InChI is InChI=1S/C21H23N5O3S2/c27-20(15-30-21-22-23-24-26(21)14-18-9-5-2-6-10-18)25(13-17-7-3-1-4-8-17)19-11-12-31(28,29)16-19/h1-10,19H,11-16H2/t19-/m1/s1. The zero-order valence-electron chi connectivity index (χ0n) is 16.9. The van der Waals surface area contributed by atoms with Crippen molar-refractivity contribution in [2.45, 2.75) is 30.7 Å². The topological polar surface area (TPSA) is 98.1 Å². The van der Waals surface area contributed by atoms with Gasteiger partial charge in [0, 0.05) is 12.6 Å². The van der Waals surface area contributed by atoms with Crippen molar-refractivity contribution in [3.8, 4) is 0 Å². The van der Waals surface area contributed by atoms with Crippen molar-refractivity contribution in [2.75, 3.05) is 17.3 Å². The molecular weight excluding hydrogens is 434 g/mol. The Labute approximate surface area is 185 Å². The molecule has 8 nitrogen and oxygen atoms in total. The van der Waals surface area contributed by atoms with E-state index in [1.54, 1.807) is 9.58 Å². The predicted molar refractivity (Wildman–Crippen MR) is 118 cm³/mol. The molecule has 1 aromatic heterocycles. The minimum Gasteiger partial charge on any atom is -0.334 e. The van der Waals surface area contributed by atoms with Gasteiger partial charge in [-0.15, -0.1) is 5.10 Å². The molecule has 10 heteroatoms. The number of rotatable bonds is 8. The lowest BCUT2D eigenvalue weighted by atomic mass is 10.1. The third-order valence-corrected chi connectivity index (χ3v) is 7.86. The summed E-state index contributed by atoms with van der Waals surface area (Å²) in [5.41, 5.74) is 2.03. The second-order valence-corrected chi connectivity index (χ2v) is 10.6. The molecule has 0 unspecified atom stereocenters. The Kier molecular flexibility index (Phi) is 6.67. The Morgan fingerprint density at radius 1 is 1.06 bits per heavy atom. The molecule has 1 amide bonds. The van der Waals surface area contributed by atoms with Crippen molar-refractivity contribution in [1.29, 1.82) is 0 Å². The number of tetrazole rings is 1. The molecule has 162 valence electrons. The first-order valence-corrected chi connectivity index (χ1v) is 12.8. The molecular formula is C21H23N5O3S2. The van der Waals surface area contributed by atoms with Crippen LogP contribution in [0.25, 0.3) is 0 Å². The van der Waals surface area contributed by atoms with Gasteiger partial charge in [-0.05, 0) is 28.0 Å². The average Bonchev–Trinajstić information content (AvgIpc) is 3.37. The second kappa shape index (κ2) is 9.61. The summed E-state index contributed by atoms with van der Waals surface area (Å²) < 4.78 is 25.7. The summed E-state index contributed by atoms with van der Waals surface area (Å²) >= 11 is 1.26. The highest BCUT2D eigenvalue weighted by Crippen LogP contribution is 2.23. The van der Waals surface area contributed by atoms with Gasteiger partial charge in [0.15, 0.2) is 9.84 Å². The number of amides is 1. The monoisotopic (exact) mass is 457 g/mol. The van der Waals surface area contributed by atoms with E-state index in [0.29, 0.717) is 24.7 Å². The molecule has 1 atom stereocenters. The predicted octanol–water partition coefficient (Wildman–Crippen LogP) is 2.03. The molecule has 0 N–H and O–H groups in total. The van der Waals surface area contributed by atoms with Crippen LogP contribution in [0.2, 0.25) is 0 Å². The first kappa shape index (κ1) is 21.5. The van der Waals surface area contributed by atoms with E-state index in [0.717, 1.165) is 11.1 Å². The van der Waals surface area contributed by atoms with E-state index in [1.807, 2.05) is 60.7 Å². The van der Waals surface area contributed by atoms with Crippen molar-refractivity contribution in [1.82, 2.24) is 25.1 Å². The molecule has 0 spiro atoms. The Hall–Kier alpha value is -2.72. The van der Waals surface area contributed by atoms with E-state index in [2.05, 4.69) is 15.5 Å². The number of carbonyl (C=O) groups is 1. The summed E-state index contributed by atoms with van der Waals surface area (Å²) in [5, 5.41) is 12.4. The number of benzene rings is 2. The number of hydrogen-bond acceptors (Lipinski definition) is 7. The highest BCUT2D eigenvalue weighted by molar-refractivity contribution is 7.99. The van der Waals surface area contributed by atoms with Crippen LogP contribution in [0, 0.1) is 0 Å². The zero-order valence-corrected chi connectivity index (χ0v) is 18.5. The average molecular weight is 458 g/mol. The van der Waals surface area contributed by atoms with Gasteiger partial charge >= 0.3 is 0 Å². The number of hydrogen-bond donors (Lipinski definition) is 0. The Balaban J connectivity index is 1.45. The molecule has 1 saturated heterocycles. The summed E-state index contributed by atoms with van der Waals surface area (Å²) in [6, 6.07) is 19.1. The van der Waals surface area contributed by atoms with Gasteiger partial charge in [0.2, 0.25) is 11.1 Å². The third kappa shape index (κ3) is 5.71. The molecule has 0 radical (unpaired) electrons. The number of nitrogens with zero attached hydrogens (tertiary/aromatic N) is 5. The van der Waals surface area contributed by atoms with Crippen molar-refractivity contribution < 1.29 is 13.2 Å². The number of thioether (sulfide) groups is 1. The quantitative estimate of drug-likeness (QED) is 0.477. The maximum absolute atomic E-state index is 13.1. The van der Waals surface area contributed by atoms with E-state index in [9.17, 15) is 13.2 Å². The molecule has 4 rings (SSSR count). The maximum atomic E-state index is 13.1. The van der Waals surface area contributed by atoms with Crippen LogP contribution in [0.4, 0.5) is 0 Å². The van der Waals surface area contributed by atoms with Gasteiger partial charge in [-0.2, -0.15) is 0 Å². The third-order valence-electron chi connectivity index (χ3n) is 5.16. The Morgan fingerprint density at radius 3 is 2.39 bits per heavy atom. The lowest BCUT2D eigenvalue weighted by Gasteiger charge is -2.28. The zero-order chi connectivity index (χ0) is 21.7. The van der Waals surface area contributed by atoms with Gasteiger partial charge in [0.25, 0.3) is 0 Å². The van der Waals surface area contributed by atoms with Crippen LogP contribution in [0.3, 0.4) is 0 Å². The normalized spacial score (nSPS) is 17.5. The largest absolute Gasteiger partial charge is 0.334 e. The van der Waals surface area contributed by atoms with Crippen molar-refractivity contribution >= 4 is 27.5 Å². The van der Waals surface area contributed by atoms with E-state index < -0.39 is 9.84 Å². The van der Waals surface area contributed by atoms with Gasteiger partial charge in [0.05, 0.1) is 23.8 Å². The molecule has 2 aromatic carbocycles. The van der Waals surface area contributed by atoms with E-state index in [4.69, 9.17) is 0 Å². The Bertz CT molecular complexity index is 1120. The van der Waals surface area contributed by atoms with Crippen LogP contribution >= 0.6 is 11.8 Å². The van der Waals surface area contributed by atoms with Gasteiger partial charge in [0.1, 0.15) is 0 Å². The van der Waals surface area contributed by atoms with E-state index >= 15 is 0 Å². The van der Waals surface area contributed by atoms with Crippen molar-refractivity contribution in [3.63, 3.8) is 0 Å². The highest BCUT2D eigenvalue weighted by atomic mass is 32.2. The van der Waals surface area contributed by atoms with E-state index in [-0.39, 0.29) is 29.2 Å². The molecule has 0 aliphatic carbocycles. The number of aromatic nitrogens is 4. The molecule has 31 heavy (non-hydrogen) atoms. The fourth-order valence-electron chi connectivity index (χ4n) is 3.59. The number of carbonyl (C=O) groups excluding carboxylic acids is 1. The fourth-order valence-corrected chi connectivity index (χ4v) is 6.08. The van der Waals surface area contributed by atoms with Crippen molar-refractivity contribution in [2.24, 2.45) is 0 Å².